The second-order valence-electron chi connectivity index (χ2n) is 10.6. The number of rotatable bonds is 10. The molecule has 0 aliphatic rings. The number of carbonyl (C=O) groups excluding carboxylic acids is 1. The quantitative estimate of drug-likeness (QED) is 0.213. The van der Waals surface area contributed by atoms with E-state index >= 15 is 0 Å². The summed E-state index contributed by atoms with van der Waals surface area (Å²) in [5.74, 6) is 0.0445. The fourth-order valence-electron chi connectivity index (χ4n) is 4.80. The van der Waals surface area contributed by atoms with Crippen molar-refractivity contribution in [3.63, 3.8) is 0 Å². The first kappa shape index (κ1) is 26.5. The monoisotopic (exact) mass is 477 g/mol. The second-order valence-corrected chi connectivity index (χ2v) is 10.6. The van der Waals surface area contributed by atoms with Gasteiger partial charge in [-0.25, -0.2) is 0 Å². The van der Waals surface area contributed by atoms with Crippen molar-refractivity contribution >= 4 is 17.2 Å². The molecule has 188 valence electrons. The number of fused-ring (bicyclic) bond motifs is 1. The molecule has 0 saturated carbocycles. The number of phenolic OH excluding ortho intramolecular Hbond substituents is 2. The first-order valence-corrected chi connectivity index (χ1v) is 12.9. The van der Waals surface area contributed by atoms with E-state index in [1.807, 2.05) is 26.8 Å². The number of phenols is 2. The molecule has 3 N–H and O–H groups in total. The van der Waals surface area contributed by atoms with Crippen molar-refractivity contribution in [1.82, 2.24) is 4.98 Å². The molecule has 0 atom stereocenters. The van der Waals surface area contributed by atoms with Crippen molar-refractivity contribution in [2.45, 2.75) is 91.4 Å². The van der Waals surface area contributed by atoms with E-state index in [2.05, 4.69) is 18.8 Å². The van der Waals surface area contributed by atoms with Gasteiger partial charge in [-0.2, -0.15) is 0 Å². The van der Waals surface area contributed by atoms with E-state index < -0.39 is 5.41 Å². The van der Waals surface area contributed by atoms with Crippen LogP contribution in [0.1, 0.15) is 100 Å². The van der Waals surface area contributed by atoms with Gasteiger partial charge in [0.15, 0.2) is 6.29 Å². The zero-order valence-corrected chi connectivity index (χ0v) is 21.8. The molecule has 3 rings (SSSR count). The van der Waals surface area contributed by atoms with Crippen LogP contribution in [0.3, 0.4) is 0 Å². The van der Waals surface area contributed by atoms with Gasteiger partial charge in [-0.05, 0) is 66.5 Å². The topological polar surface area (TPSA) is 90.4 Å². The summed E-state index contributed by atoms with van der Waals surface area (Å²) in [6.07, 6.45) is 8.47. The number of aromatic amines is 1. The van der Waals surface area contributed by atoms with E-state index in [1.165, 1.54) is 0 Å². The number of hydrogen-bond acceptors (Lipinski definition) is 4. The summed E-state index contributed by atoms with van der Waals surface area (Å²) >= 11 is 0. The molecule has 5 heteroatoms. The summed E-state index contributed by atoms with van der Waals surface area (Å²) < 4.78 is 0. The summed E-state index contributed by atoms with van der Waals surface area (Å²) in [6.45, 7) is 10.2. The maximum absolute atomic E-state index is 13.1. The molecule has 5 nitrogen and oxygen atoms in total. The van der Waals surface area contributed by atoms with Crippen LogP contribution in [0.15, 0.2) is 29.1 Å². The summed E-state index contributed by atoms with van der Waals surface area (Å²) in [5.41, 5.74) is 4.00. The van der Waals surface area contributed by atoms with Crippen LogP contribution in [0.25, 0.3) is 22.0 Å². The van der Waals surface area contributed by atoms with Gasteiger partial charge in [-0.3, -0.25) is 9.59 Å². The molecule has 0 spiro atoms. The lowest BCUT2D eigenvalue weighted by Gasteiger charge is -2.23. The molecule has 1 aromatic heterocycles. The second kappa shape index (κ2) is 11.1. The molecule has 0 radical (unpaired) electrons. The fraction of sp³-hybridized carbons (Fsp3) is 0.467. The molecule has 3 aromatic rings. The van der Waals surface area contributed by atoms with E-state index in [9.17, 15) is 19.8 Å². The van der Waals surface area contributed by atoms with Gasteiger partial charge >= 0.3 is 0 Å². The number of H-pyrrole nitrogens is 1. The van der Waals surface area contributed by atoms with Crippen LogP contribution in [0.4, 0.5) is 0 Å². The van der Waals surface area contributed by atoms with Crippen molar-refractivity contribution in [2.75, 3.05) is 0 Å². The third-order valence-corrected chi connectivity index (χ3v) is 6.79. The highest BCUT2D eigenvalue weighted by Gasteiger charge is 2.23. The van der Waals surface area contributed by atoms with Gasteiger partial charge in [0.25, 0.3) is 5.56 Å². The van der Waals surface area contributed by atoms with Gasteiger partial charge < -0.3 is 15.2 Å². The van der Waals surface area contributed by atoms with Gasteiger partial charge in [-0.15, -0.1) is 0 Å². The van der Waals surface area contributed by atoms with Gasteiger partial charge in [0, 0.05) is 27.6 Å². The fourth-order valence-corrected chi connectivity index (χ4v) is 4.80. The Labute approximate surface area is 208 Å². The average Bonchev–Trinajstić information content (AvgIpc) is 2.80. The van der Waals surface area contributed by atoms with Crippen LogP contribution >= 0.6 is 0 Å². The minimum Gasteiger partial charge on any atom is -0.507 e. The van der Waals surface area contributed by atoms with E-state index in [0.717, 1.165) is 67.9 Å². The number of unbranched alkanes of at least 4 members (excludes halogenated alkanes) is 4. The zero-order valence-electron chi connectivity index (χ0n) is 21.8. The smallest absolute Gasteiger partial charge is 0.251 e. The first-order valence-electron chi connectivity index (χ1n) is 12.9. The van der Waals surface area contributed by atoms with Crippen molar-refractivity contribution in [3.8, 4) is 22.6 Å². The number of hydrogen-bond donors (Lipinski definition) is 3. The van der Waals surface area contributed by atoms with Crippen molar-refractivity contribution in [1.29, 1.82) is 0 Å². The van der Waals surface area contributed by atoms with E-state index in [1.54, 1.807) is 18.2 Å². The number of carbonyl (C=O) groups is 1. The Bertz CT molecular complexity index is 1260. The molecular formula is C30H39NO4. The van der Waals surface area contributed by atoms with Gasteiger partial charge in [-0.1, -0.05) is 60.3 Å². The molecule has 2 aromatic carbocycles. The zero-order chi connectivity index (χ0) is 25.8. The van der Waals surface area contributed by atoms with Crippen molar-refractivity contribution in [2.24, 2.45) is 0 Å². The first-order chi connectivity index (χ1) is 16.6. The lowest BCUT2D eigenvalue weighted by molar-refractivity contribution is 0.112. The van der Waals surface area contributed by atoms with Crippen molar-refractivity contribution in [3.05, 3.63) is 56.9 Å². The van der Waals surface area contributed by atoms with Crippen LogP contribution in [0.5, 0.6) is 11.5 Å². The lowest BCUT2D eigenvalue weighted by Crippen LogP contribution is -2.17. The predicted octanol–water partition coefficient (Wildman–Crippen LogP) is 7.18. The summed E-state index contributed by atoms with van der Waals surface area (Å²) in [5, 5.41) is 22.6. The molecule has 0 fully saturated rings. The number of pyridine rings is 1. The summed E-state index contributed by atoms with van der Waals surface area (Å²) in [7, 11) is 0. The summed E-state index contributed by atoms with van der Waals surface area (Å²) in [6, 6.07) is 6.93. The lowest BCUT2D eigenvalue weighted by atomic mass is 9.83. The molecule has 0 saturated heterocycles. The highest BCUT2D eigenvalue weighted by Crippen LogP contribution is 2.40. The van der Waals surface area contributed by atoms with Gasteiger partial charge in [0.1, 0.15) is 11.5 Å². The Morgan fingerprint density at radius 3 is 2.09 bits per heavy atom. The molecule has 0 amide bonds. The third-order valence-electron chi connectivity index (χ3n) is 6.79. The third kappa shape index (κ3) is 5.77. The SMILES string of the molecule is CCCCCc1c(CCCCC)c2cc(O)c(-c3cc(C=O)c(O)c(C(C)(C)C)c3)cc2[nH]c1=O. The minimum absolute atomic E-state index is 0.0418. The number of benzene rings is 2. The Morgan fingerprint density at radius 1 is 0.886 bits per heavy atom. The summed E-state index contributed by atoms with van der Waals surface area (Å²) in [4.78, 5) is 27.9. The number of nitrogens with one attached hydrogen (secondary N) is 1. The Balaban J connectivity index is 2.23. The molecule has 35 heavy (non-hydrogen) atoms. The molecule has 1 heterocycles. The molecule has 0 aliphatic heterocycles. The number of aromatic nitrogens is 1. The maximum atomic E-state index is 13.1. The average molecular weight is 478 g/mol. The highest BCUT2D eigenvalue weighted by atomic mass is 16.3. The van der Waals surface area contributed by atoms with Crippen LogP contribution < -0.4 is 5.56 Å². The Morgan fingerprint density at radius 2 is 1.51 bits per heavy atom. The van der Waals surface area contributed by atoms with E-state index in [-0.39, 0.29) is 22.6 Å². The Kier molecular flexibility index (Phi) is 8.42. The van der Waals surface area contributed by atoms with Crippen LogP contribution in [0, 0.1) is 0 Å². The van der Waals surface area contributed by atoms with E-state index in [0.29, 0.717) is 28.5 Å². The molecule has 0 bridgehead atoms. The van der Waals surface area contributed by atoms with E-state index in [4.69, 9.17) is 0 Å². The van der Waals surface area contributed by atoms with Crippen LogP contribution in [0.2, 0.25) is 0 Å². The standard InChI is InChI=1S/C30H39NO4/c1-6-8-10-12-21-22(13-11-9-7-2)29(35)31-26-16-23(27(33)17-24(21)26)19-14-20(18-32)28(34)25(15-19)30(3,4)5/h14-18,33-34H,6-13H2,1-5H3,(H,31,35). The Hall–Kier alpha value is -3.08. The number of aldehydes is 1. The predicted molar refractivity (Wildman–Crippen MR) is 144 cm³/mol. The number of aryl methyl sites for hydroxylation is 1. The van der Waals surface area contributed by atoms with Crippen molar-refractivity contribution < 1.29 is 15.0 Å². The highest BCUT2D eigenvalue weighted by molar-refractivity contribution is 5.92. The van der Waals surface area contributed by atoms with Crippen LogP contribution in [-0.4, -0.2) is 21.5 Å². The largest absolute Gasteiger partial charge is 0.507 e. The number of aromatic hydroxyl groups is 2. The van der Waals surface area contributed by atoms with Crippen LogP contribution in [-0.2, 0) is 18.3 Å². The molecule has 0 aliphatic carbocycles. The van der Waals surface area contributed by atoms with Gasteiger partial charge in [0.05, 0.1) is 5.56 Å². The molecular weight excluding hydrogens is 438 g/mol. The maximum Gasteiger partial charge on any atom is 0.251 e. The normalized spacial score (nSPS) is 11.8. The molecule has 0 unspecified atom stereocenters. The van der Waals surface area contributed by atoms with Gasteiger partial charge in [0.2, 0.25) is 0 Å². The minimum atomic E-state index is -0.404.